The molecule has 0 spiro atoms. The zero-order valence-electron chi connectivity index (χ0n) is 14.9. The molecular weight excluding hydrogens is 493 g/mol. The number of carbonyl (C=O) groups excluding carboxylic acids is 2. The molecular formula is C11H16N2O15P3+. The summed E-state index contributed by atoms with van der Waals surface area (Å²) in [4.78, 5) is 58.9. The highest BCUT2D eigenvalue weighted by molar-refractivity contribution is 7.66. The number of carbonyl (C=O) groups is 2. The van der Waals surface area contributed by atoms with Crippen LogP contribution in [-0.2, 0) is 36.4 Å². The molecule has 31 heavy (non-hydrogen) atoms. The molecule has 0 aromatic heterocycles. The minimum atomic E-state index is -5.75. The van der Waals surface area contributed by atoms with Crippen LogP contribution in [0.3, 0.4) is 0 Å². The zero-order chi connectivity index (χ0) is 23.8. The van der Waals surface area contributed by atoms with Crippen LogP contribution in [0.2, 0.25) is 0 Å². The van der Waals surface area contributed by atoms with Gasteiger partial charge in [-0.25, -0.2) is 18.5 Å². The van der Waals surface area contributed by atoms with E-state index in [0.29, 0.717) is 4.58 Å². The molecule has 2 aliphatic rings. The van der Waals surface area contributed by atoms with Crippen molar-refractivity contribution in [1.29, 1.82) is 0 Å². The number of terminal acetylenes is 1. The second-order valence-corrected chi connectivity index (χ2v) is 10.3. The van der Waals surface area contributed by atoms with Gasteiger partial charge in [0.25, 0.3) is 0 Å². The smallest absolute Gasteiger partial charge is 0.387 e. The molecule has 4 unspecified atom stereocenters. The van der Waals surface area contributed by atoms with Crippen LogP contribution < -0.4 is 5.32 Å². The maximum absolute atomic E-state index is 11.9. The third-order valence-electron chi connectivity index (χ3n) is 3.67. The normalized spacial score (nSPS) is 33.1. The van der Waals surface area contributed by atoms with Crippen molar-refractivity contribution in [2.45, 2.75) is 24.5 Å². The maximum atomic E-state index is 11.9. The number of ether oxygens (including phenoxy) is 1. The Bertz CT molecular complexity index is 968. The molecule has 0 bridgehead atoms. The first-order valence-corrected chi connectivity index (χ1v) is 12.3. The molecule has 1 saturated heterocycles. The molecule has 174 valence electrons. The topological polar surface area (TPSA) is 259 Å². The molecule has 2 heterocycles. The number of hydrogen-bond donors (Lipinski definition) is 7. The average Bonchev–Trinajstić information content (AvgIpc) is 2.85. The van der Waals surface area contributed by atoms with Crippen LogP contribution in [0.15, 0.2) is 0 Å². The first kappa shape index (κ1) is 25.9. The highest BCUT2D eigenvalue weighted by Gasteiger charge is 2.51. The van der Waals surface area contributed by atoms with E-state index in [9.17, 15) is 38.4 Å². The molecule has 3 amide bonds. The summed E-state index contributed by atoms with van der Waals surface area (Å²) in [6, 6.07) is -1.05. The van der Waals surface area contributed by atoms with Gasteiger partial charge < -0.3 is 34.5 Å². The Morgan fingerprint density at radius 2 is 1.71 bits per heavy atom. The third-order valence-corrected chi connectivity index (χ3v) is 7.47. The number of phosphoric ester groups is 1. The lowest BCUT2D eigenvalue weighted by Crippen LogP contribution is -2.53. The van der Waals surface area contributed by atoms with Gasteiger partial charge in [-0.2, -0.15) is 23.3 Å². The molecule has 0 radical (unpaired) electrons. The zero-order valence-corrected chi connectivity index (χ0v) is 17.6. The van der Waals surface area contributed by atoms with E-state index in [2.05, 4.69) is 19.1 Å². The fourth-order valence-corrected chi connectivity index (χ4v) is 5.46. The first-order valence-electron chi connectivity index (χ1n) is 7.79. The lowest BCUT2D eigenvalue weighted by molar-refractivity contribution is -0.536. The SMILES string of the molecule is C#CC1C=[N+]([C@@H]2O[C@H](COP(=O)(O)OP(=O)(O)OP(=O)(O)O)C(O)[C@@H]2O)C(=O)NC1=O. The Kier molecular flexibility index (Phi) is 7.74. The minimum absolute atomic E-state index is 0.671. The van der Waals surface area contributed by atoms with Crippen molar-refractivity contribution < 1.29 is 75.5 Å². The molecule has 7 N–H and O–H groups in total. The van der Waals surface area contributed by atoms with Gasteiger partial charge in [-0.1, -0.05) is 5.92 Å². The van der Waals surface area contributed by atoms with Gasteiger partial charge in [0.1, 0.15) is 24.5 Å². The van der Waals surface area contributed by atoms with Crippen LogP contribution >= 0.6 is 23.5 Å². The highest BCUT2D eigenvalue weighted by atomic mass is 31.3. The Morgan fingerprint density at radius 1 is 1.10 bits per heavy atom. The monoisotopic (exact) mass is 509 g/mol. The number of nitrogens with one attached hydrogen (secondary N) is 1. The van der Waals surface area contributed by atoms with Crippen molar-refractivity contribution >= 4 is 41.6 Å². The third kappa shape index (κ3) is 6.82. The maximum Gasteiger partial charge on any atom is 0.500 e. The Balaban J connectivity index is 2.07. The van der Waals surface area contributed by atoms with Crippen molar-refractivity contribution in [2.24, 2.45) is 5.92 Å². The summed E-state index contributed by atoms with van der Waals surface area (Å²) in [7, 11) is -16.8. The second-order valence-electron chi connectivity index (χ2n) is 5.93. The number of urea groups is 1. The van der Waals surface area contributed by atoms with Gasteiger partial charge in [0.05, 0.1) is 6.61 Å². The summed E-state index contributed by atoms with van der Waals surface area (Å²) in [5.41, 5.74) is 0. The summed E-state index contributed by atoms with van der Waals surface area (Å²) >= 11 is 0. The standard InChI is InChI=1S/C11H15N2O15P3/c1-2-5-3-13(11(17)12-9(5)16)10-8(15)7(14)6(26-10)4-25-30(21,22)28-31(23,24)27-29(18,19)20/h1,3,5-8,10,14-15H,4H2,(H4-,12,16,17,18,19,20,21,22,23,24)/p+1/t5?,6-,7?,8+,10-/m1/s1. The van der Waals surface area contributed by atoms with E-state index in [1.807, 2.05) is 5.32 Å². The van der Waals surface area contributed by atoms with Gasteiger partial charge in [-0.3, -0.25) is 4.52 Å². The van der Waals surface area contributed by atoms with E-state index in [-0.39, 0.29) is 0 Å². The number of hydrogen-bond acceptors (Lipinski definition) is 11. The largest absolute Gasteiger partial charge is 0.500 e. The number of aliphatic hydroxyl groups is 2. The molecule has 0 saturated carbocycles. The van der Waals surface area contributed by atoms with Crippen LogP contribution in [0.5, 0.6) is 0 Å². The minimum Gasteiger partial charge on any atom is -0.387 e. The van der Waals surface area contributed by atoms with Crippen molar-refractivity contribution in [3.8, 4) is 12.3 Å². The molecule has 0 aromatic rings. The molecule has 0 aromatic carbocycles. The van der Waals surface area contributed by atoms with Gasteiger partial charge in [-0.15, -0.1) is 6.42 Å². The fourth-order valence-electron chi connectivity index (χ4n) is 2.43. The number of aliphatic hydroxyl groups excluding tert-OH is 2. The van der Waals surface area contributed by atoms with E-state index in [0.717, 1.165) is 6.21 Å². The van der Waals surface area contributed by atoms with Crippen LogP contribution in [0, 0.1) is 18.3 Å². The van der Waals surface area contributed by atoms with E-state index >= 15 is 0 Å². The molecule has 1 fully saturated rings. The van der Waals surface area contributed by atoms with E-state index in [1.54, 1.807) is 0 Å². The summed E-state index contributed by atoms with van der Waals surface area (Å²) in [6.07, 6.45) is -0.802. The molecule has 20 heteroatoms. The van der Waals surface area contributed by atoms with E-state index < -0.39 is 72.5 Å². The first-order chi connectivity index (χ1) is 14.1. The lowest BCUT2D eigenvalue weighted by atomic mass is 10.1. The van der Waals surface area contributed by atoms with Crippen molar-refractivity contribution in [3.05, 3.63) is 0 Å². The number of nitrogens with zero attached hydrogens (tertiary/aromatic N) is 1. The van der Waals surface area contributed by atoms with Crippen molar-refractivity contribution in [2.75, 3.05) is 6.61 Å². The molecule has 0 aliphatic carbocycles. The Hall–Kier alpha value is -1.34. The predicted molar refractivity (Wildman–Crippen MR) is 92.7 cm³/mol. The van der Waals surface area contributed by atoms with Gasteiger partial charge in [0, 0.05) is 0 Å². The number of phosphoric acid groups is 3. The Labute approximate surface area is 172 Å². The summed E-state index contributed by atoms with van der Waals surface area (Å²) < 4.78 is 50.8. The quantitative estimate of drug-likeness (QED) is 0.100. The van der Waals surface area contributed by atoms with Gasteiger partial charge in [0.15, 0.2) is 5.92 Å². The Morgan fingerprint density at radius 3 is 2.26 bits per heavy atom. The molecule has 2 rings (SSSR count). The predicted octanol–water partition coefficient (Wildman–Crippen LogP) is -2.64. The molecule has 7 atom stereocenters. The molecule has 2 aliphatic heterocycles. The molecule has 17 nitrogen and oxygen atoms in total. The van der Waals surface area contributed by atoms with Crippen molar-refractivity contribution in [3.63, 3.8) is 0 Å². The van der Waals surface area contributed by atoms with Crippen LogP contribution in [0.4, 0.5) is 4.79 Å². The van der Waals surface area contributed by atoms with Crippen LogP contribution in [0.25, 0.3) is 0 Å². The van der Waals surface area contributed by atoms with Crippen LogP contribution in [-0.4, -0.2) is 83.7 Å². The van der Waals surface area contributed by atoms with Crippen molar-refractivity contribution in [1.82, 2.24) is 5.32 Å². The van der Waals surface area contributed by atoms with Gasteiger partial charge >= 0.3 is 35.4 Å². The van der Waals surface area contributed by atoms with Gasteiger partial charge in [0.2, 0.25) is 6.23 Å². The second kappa shape index (κ2) is 9.26. The lowest BCUT2D eigenvalue weighted by Gasteiger charge is -2.19. The number of imide groups is 1. The van der Waals surface area contributed by atoms with Gasteiger partial charge in [-0.05, 0) is 0 Å². The summed E-state index contributed by atoms with van der Waals surface area (Å²) in [5, 5.41) is 22.0. The highest BCUT2D eigenvalue weighted by Crippen LogP contribution is 2.66. The van der Waals surface area contributed by atoms with E-state index in [1.165, 1.54) is 0 Å². The fraction of sp³-hybridized carbons (Fsp3) is 0.545. The average molecular weight is 509 g/mol. The summed E-state index contributed by atoms with van der Waals surface area (Å²) in [5.74, 6) is 0.0307. The van der Waals surface area contributed by atoms with Crippen LogP contribution in [0.1, 0.15) is 0 Å². The number of amides is 3. The van der Waals surface area contributed by atoms with E-state index in [4.69, 9.17) is 25.8 Å². The number of rotatable bonds is 8. The summed E-state index contributed by atoms with van der Waals surface area (Å²) in [6.45, 7) is -1.08.